The molecule has 158 valence electrons. The second-order valence-electron chi connectivity index (χ2n) is 7.00. The molecule has 0 aliphatic carbocycles. The molecule has 29 heavy (non-hydrogen) atoms. The number of likely N-dealkylation sites (tertiary alicyclic amines) is 1. The largest absolute Gasteiger partial charge is 0.462 e. The Labute approximate surface area is 170 Å². The van der Waals surface area contributed by atoms with Crippen LogP contribution in [0, 0.1) is 10.1 Å². The Kier molecular flexibility index (Phi) is 9.14. The van der Waals surface area contributed by atoms with Crippen LogP contribution < -0.4 is 0 Å². The highest BCUT2D eigenvalue weighted by atomic mass is 16.6. The number of carbonyl (C=O) groups excluding carboxylic acids is 2. The molecule has 0 aromatic heterocycles. The molecule has 1 saturated heterocycles. The van der Waals surface area contributed by atoms with Crippen molar-refractivity contribution in [3.63, 3.8) is 0 Å². The van der Waals surface area contributed by atoms with Crippen LogP contribution in [0.15, 0.2) is 36.9 Å². The number of para-hydroxylation sites is 1. The first-order valence-electron chi connectivity index (χ1n) is 9.95. The van der Waals surface area contributed by atoms with E-state index in [1.165, 1.54) is 11.0 Å². The van der Waals surface area contributed by atoms with Crippen LogP contribution in [-0.2, 0) is 20.9 Å². The molecule has 8 heteroatoms. The van der Waals surface area contributed by atoms with E-state index < -0.39 is 11.0 Å². The van der Waals surface area contributed by atoms with Crippen LogP contribution in [0.25, 0.3) is 0 Å². The summed E-state index contributed by atoms with van der Waals surface area (Å²) in [4.78, 5) is 36.2. The first-order valence-corrected chi connectivity index (χ1v) is 9.95. The highest BCUT2D eigenvalue weighted by Gasteiger charge is 2.26. The number of nitro benzene ring substituents is 1. The zero-order valence-electron chi connectivity index (χ0n) is 16.6. The molecule has 1 fully saturated rings. The van der Waals surface area contributed by atoms with Gasteiger partial charge in [-0.05, 0) is 25.3 Å². The van der Waals surface area contributed by atoms with Gasteiger partial charge in [-0.15, -0.1) is 6.58 Å². The summed E-state index contributed by atoms with van der Waals surface area (Å²) in [7, 11) is 0. The molecule has 0 atom stereocenters. The normalized spacial score (nSPS) is 14.3. The molecule has 0 unspecified atom stereocenters. The summed E-state index contributed by atoms with van der Waals surface area (Å²) in [5.74, 6) is -0.194. The second kappa shape index (κ2) is 11.8. The minimum atomic E-state index is -0.518. The molecule has 0 N–H and O–H groups in total. The predicted octanol–water partition coefficient (Wildman–Crippen LogP) is 4.38. The average molecular weight is 404 g/mol. The van der Waals surface area contributed by atoms with Crippen molar-refractivity contribution in [3.8, 4) is 0 Å². The van der Waals surface area contributed by atoms with Crippen molar-refractivity contribution in [2.75, 3.05) is 13.1 Å². The maximum absolute atomic E-state index is 12.2. The van der Waals surface area contributed by atoms with Crippen molar-refractivity contribution < 1.29 is 24.0 Å². The summed E-state index contributed by atoms with van der Waals surface area (Å²) in [5, 5.41) is 11.0. The van der Waals surface area contributed by atoms with Gasteiger partial charge in [0.15, 0.2) is 0 Å². The van der Waals surface area contributed by atoms with Crippen LogP contribution in [0.5, 0.6) is 0 Å². The highest BCUT2D eigenvalue weighted by Crippen LogP contribution is 2.20. The van der Waals surface area contributed by atoms with Crippen molar-refractivity contribution in [1.29, 1.82) is 0 Å². The lowest BCUT2D eigenvalue weighted by Gasteiger charge is -2.31. The number of nitrogens with zero attached hydrogens (tertiary/aromatic N) is 2. The number of unbranched alkanes of at least 4 members (excludes halogenated alkanes) is 3. The quantitative estimate of drug-likeness (QED) is 0.189. The van der Waals surface area contributed by atoms with Gasteiger partial charge < -0.3 is 14.4 Å². The lowest BCUT2D eigenvalue weighted by atomic mass is 10.1. The fourth-order valence-electron chi connectivity index (χ4n) is 3.18. The molecule has 8 nitrogen and oxygen atoms in total. The van der Waals surface area contributed by atoms with Gasteiger partial charge in [-0.25, -0.2) is 4.79 Å². The van der Waals surface area contributed by atoms with Crippen LogP contribution in [-0.4, -0.2) is 41.1 Å². The lowest BCUT2D eigenvalue weighted by molar-refractivity contribution is -0.385. The molecular formula is C21H28N2O6. The van der Waals surface area contributed by atoms with E-state index in [4.69, 9.17) is 9.47 Å². The van der Waals surface area contributed by atoms with Gasteiger partial charge in [-0.3, -0.25) is 14.9 Å². The van der Waals surface area contributed by atoms with Gasteiger partial charge >= 0.3 is 12.1 Å². The van der Waals surface area contributed by atoms with E-state index in [-0.39, 0.29) is 24.4 Å². The summed E-state index contributed by atoms with van der Waals surface area (Å²) in [6.07, 6.45) is 6.48. The van der Waals surface area contributed by atoms with Crippen LogP contribution in [0.1, 0.15) is 50.5 Å². The van der Waals surface area contributed by atoms with E-state index in [1.807, 2.05) is 6.08 Å². The van der Waals surface area contributed by atoms with Gasteiger partial charge in [0.25, 0.3) is 5.69 Å². The van der Waals surface area contributed by atoms with Crippen LogP contribution in [0.4, 0.5) is 10.5 Å². The Hall–Kier alpha value is -2.90. The summed E-state index contributed by atoms with van der Waals surface area (Å²) >= 11 is 0. The van der Waals surface area contributed by atoms with Crippen molar-refractivity contribution in [1.82, 2.24) is 4.90 Å². The summed E-state index contributed by atoms with van der Waals surface area (Å²) in [6, 6.07) is 6.17. The van der Waals surface area contributed by atoms with E-state index in [0.29, 0.717) is 37.9 Å². The van der Waals surface area contributed by atoms with Gasteiger partial charge in [0, 0.05) is 38.4 Å². The number of hydrogen-bond acceptors (Lipinski definition) is 6. The van der Waals surface area contributed by atoms with Crippen LogP contribution in [0.3, 0.4) is 0 Å². The number of amides is 1. The molecule has 2 rings (SSSR count). The average Bonchev–Trinajstić information content (AvgIpc) is 2.72. The number of hydrogen-bond donors (Lipinski definition) is 0. The molecule has 0 bridgehead atoms. The number of rotatable bonds is 10. The smallest absolute Gasteiger partial charge is 0.410 e. The molecule has 1 aliphatic heterocycles. The predicted molar refractivity (Wildman–Crippen MR) is 107 cm³/mol. The molecule has 1 heterocycles. The van der Waals surface area contributed by atoms with Crippen LogP contribution >= 0.6 is 0 Å². The first-order chi connectivity index (χ1) is 14.0. The maximum Gasteiger partial charge on any atom is 0.410 e. The molecule has 0 radical (unpaired) electrons. The van der Waals surface area contributed by atoms with Gasteiger partial charge in [-0.1, -0.05) is 24.6 Å². The van der Waals surface area contributed by atoms with Gasteiger partial charge in [0.05, 0.1) is 10.5 Å². The molecule has 1 aromatic rings. The third-order valence-corrected chi connectivity index (χ3v) is 4.83. The van der Waals surface area contributed by atoms with Gasteiger partial charge in [-0.2, -0.15) is 0 Å². The number of nitro groups is 1. The fraction of sp³-hybridized carbons (Fsp3) is 0.524. The minimum Gasteiger partial charge on any atom is -0.462 e. The summed E-state index contributed by atoms with van der Waals surface area (Å²) < 4.78 is 10.7. The Morgan fingerprint density at radius 1 is 1.21 bits per heavy atom. The highest BCUT2D eigenvalue weighted by molar-refractivity contribution is 5.70. The molecular weight excluding hydrogens is 376 g/mol. The summed E-state index contributed by atoms with van der Waals surface area (Å²) in [5.41, 5.74) is 0.276. The summed E-state index contributed by atoms with van der Waals surface area (Å²) in [6.45, 7) is 4.36. The van der Waals surface area contributed by atoms with Crippen LogP contribution in [0.2, 0.25) is 0 Å². The van der Waals surface area contributed by atoms with Crippen molar-refractivity contribution >= 4 is 17.7 Å². The van der Waals surface area contributed by atoms with E-state index in [9.17, 15) is 19.7 Å². The van der Waals surface area contributed by atoms with Crippen molar-refractivity contribution in [2.24, 2.45) is 0 Å². The third kappa shape index (κ3) is 7.56. The number of esters is 1. The zero-order valence-corrected chi connectivity index (χ0v) is 16.6. The van der Waals surface area contributed by atoms with Crippen molar-refractivity contribution in [2.45, 2.75) is 57.7 Å². The van der Waals surface area contributed by atoms with Crippen molar-refractivity contribution in [3.05, 3.63) is 52.6 Å². The molecule has 1 aromatic carbocycles. The van der Waals surface area contributed by atoms with E-state index in [0.717, 1.165) is 25.7 Å². The van der Waals surface area contributed by atoms with E-state index in [1.54, 1.807) is 18.2 Å². The number of allylic oxidation sites excluding steroid dienone is 1. The SMILES string of the molecule is C=CCCCCCC(=O)OC1CCN(C(=O)OCc2ccccc2[N+](=O)[O-])CC1. The number of carbonyl (C=O) groups is 2. The molecule has 0 spiro atoms. The minimum absolute atomic E-state index is 0.0737. The molecule has 1 aliphatic rings. The van der Waals surface area contributed by atoms with Gasteiger partial charge in [0.2, 0.25) is 0 Å². The number of piperidine rings is 1. The lowest BCUT2D eigenvalue weighted by Crippen LogP contribution is -2.41. The molecule has 1 amide bonds. The Morgan fingerprint density at radius 3 is 2.62 bits per heavy atom. The maximum atomic E-state index is 12.2. The standard InChI is InChI=1S/C21H28N2O6/c1-2-3-4-5-6-11-20(24)29-18-12-14-22(15-13-18)21(25)28-16-17-9-7-8-10-19(17)23(26)27/h2,7-10,18H,1,3-6,11-16H2. The first kappa shape index (κ1) is 22.4. The zero-order chi connectivity index (χ0) is 21.1. The number of ether oxygens (including phenoxy) is 2. The van der Waals surface area contributed by atoms with E-state index in [2.05, 4.69) is 6.58 Å². The fourth-order valence-corrected chi connectivity index (χ4v) is 3.18. The van der Waals surface area contributed by atoms with Gasteiger partial charge in [0.1, 0.15) is 12.7 Å². The van der Waals surface area contributed by atoms with E-state index >= 15 is 0 Å². The Morgan fingerprint density at radius 2 is 1.93 bits per heavy atom. The molecule has 0 saturated carbocycles. The third-order valence-electron chi connectivity index (χ3n) is 4.83. The Bertz CT molecular complexity index is 713. The Balaban J connectivity index is 1.68. The topological polar surface area (TPSA) is 99.0 Å². The monoisotopic (exact) mass is 404 g/mol. The number of benzene rings is 1. The second-order valence-corrected chi connectivity index (χ2v) is 7.00.